The Morgan fingerprint density at radius 1 is 1.35 bits per heavy atom. The van der Waals surface area contributed by atoms with Crippen molar-refractivity contribution in [1.29, 1.82) is 0 Å². The lowest BCUT2D eigenvalue weighted by Gasteiger charge is -2.14. The Balaban J connectivity index is 2.24. The molecule has 4 nitrogen and oxygen atoms in total. The highest BCUT2D eigenvalue weighted by Gasteiger charge is 2.17. The molecule has 0 aliphatic rings. The lowest BCUT2D eigenvalue weighted by atomic mass is 10.0. The van der Waals surface area contributed by atoms with Gasteiger partial charge in [-0.05, 0) is 26.8 Å². The SMILES string of the molecule is Cc1cccc(-c2noc(CC(C)(C)N)n2)c1. The molecule has 0 aliphatic heterocycles. The third-order valence-corrected chi connectivity index (χ3v) is 2.35. The molecule has 0 bridgehead atoms. The number of benzene rings is 1. The first kappa shape index (κ1) is 11.8. The summed E-state index contributed by atoms with van der Waals surface area (Å²) in [5, 5.41) is 3.97. The Labute approximate surface area is 101 Å². The number of hydrogen-bond acceptors (Lipinski definition) is 4. The predicted octanol–water partition coefficient (Wildman–Crippen LogP) is 2.32. The fourth-order valence-corrected chi connectivity index (χ4v) is 1.62. The van der Waals surface area contributed by atoms with Crippen molar-refractivity contribution in [2.45, 2.75) is 32.7 Å². The van der Waals surface area contributed by atoms with Crippen molar-refractivity contribution >= 4 is 0 Å². The second-order valence-electron chi connectivity index (χ2n) is 5.05. The van der Waals surface area contributed by atoms with Crippen LogP contribution < -0.4 is 5.73 Å². The maximum atomic E-state index is 5.91. The minimum absolute atomic E-state index is 0.337. The summed E-state index contributed by atoms with van der Waals surface area (Å²) in [5.74, 6) is 1.20. The van der Waals surface area contributed by atoms with Crippen LogP contribution in [0, 0.1) is 6.92 Å². The van der Waals surface area contributed by atoms with E-state index in [1.165, 1.54) is 5.56 Å². The van der Waals surface area contributed by atoms with Crippen LogP contribution in [0.5, 0.6) is 0 Å². The normalized spacial score (nSPS) is 11.8. The number of rotatable bonds is 3. The van der Waals surface area contributed by atoms with Gasteiger partial charge >= 0.3 is 0 Å². The molecular formula is C13H17N3O. The van der Waals surface area contributed by atoms with Gasteiger partial charge in [0.1, 0.15) is 0 Å². The third kappa shape index (κ3) is 3.14. The number of hydrogen-bond donors (Lipinski definition) is 1. The highest BCUT2D eigenvalue weighted by molar-refractivity contribution is 5.55. The van der Waals surface area contributed by atoms with Crippen LogP contribution in [0.4, 0.5) is 0 Å². The van der Waals surface area contributed by atoms with E-state index in [0.717, 1.165) is 5.56 Å². The fourth-order valence-electron chi connectivity index (χ4n) is 1.62. The van der Waals surface area contributed by atoms with Gasteiger partial charge < -0.3 is 10.3 Å². The summed E-state index contributed by atoms with van der Waals surface area (Å²) in [7, 11) is 0. The Bertz CT molecular complexity index is 511. The van der Waals surface area contributed by atoms with Gasteiger partial charge in [-0.1, -0.05) is 28.9 Å². The van der Waals surface area contributed by atoms with Gasteiger partial charge in [0.2, 0.25) is 11.7 Å². The molecule has 0 saturated heterocycles. The van der Waals surface area contributed by atoms with Gasteiger partial charge in [-0.3, -0.25) is 0 Å². The summed E-state index contributed by atoms with van der Waals surface area (Å²) in [6.07, 6.45) is 0.575. The van der Waals surface area contributed by atoms with Gasteiger partial charge in [0.05, 0.1) is 0 Å². The van der Waals surface area contributed by atoms with Crippen molar-refractivity contribution in [3.63, 3.8) is 0 Å². The highest BCUT2D eigenvalue weighted by Crippen LogP contribution is 2.18. The summed E-state index contributed by atoms with van der Waals surface area (Å²) >= 11 is 0. The van der Waals surface area contributed by atoms with Crippen LogP contribution in [0.25, 0.3) is 11.4 Å². The predicted molar refractivity (Wildman–Crippen MR) is 66.4 cm³/mol. The standard InChI is InChI=1S/C13H17N3O/c1-9-5-4-6-10(7-9)12-15-11(17-16-12)8-13(2,3)14/h4-7H,8,14H2,1-3H3. The van der Waals surface area contributed by atoms with Crippen LogP contribution in [0.2, 0.25) is 0 Å². The molecule has 4 heteroatoms. The second-order valence-corrected chi connectivity index (χ2v) is 5.05. The quantitative estimate of drug-likeness (QED) is 0.880. The van der Waals surface area contributed by atoms with E-state index in [1.807, 2.05) is 45.0 Å². The van der Waals surface area contributed by atoms with Crippen molar-refractivity contribution in [1.82, 2.24) is 10.1 Å². The third-order valence-electron chi connectivity index (χ3n) is 2.35. The van der Waals surface area contributed by atoms with Crippen LogP contribution >= 0.6 is 0 Å². The summed E-state index contributed by atoms with van der Waals surface area (Å²) in [6.45, 7) is 5.90. The number of aryl methyl sites for hydroxylation is 1. The smallest absolute Gasteiger partial charge is 0.228 e. The average Bonchev–Trinajstić information content (AvgIpc) is 2.63. The maximum Gasteiger partial charge on any atom is 0.228 e. The van der Waals surface area contributed by atoms with E-state index in [1.54, 1.807) is 0 Å². The first-order valence-electron chi connectivity index (χ1n) is 5.62. The van der Waals surface area contributed by atoms with Crippen molar-refractivity contribution < 1.29 is 4.52 Å². The van der Waals surface area contributed by atoms with E-state index in [4.69, 9.17) is 10.3 Å². The highest BCUT2D eigenvalue weighted by atomic mass is 16.5. The Kier molecular flexibility index (Phi) is 2.98. The number of aromatic nitrogens is 2. The molecule has 2 aromatic rings. The van der Waals surface area contributed by atoms with Crippen molar-refractivity contribution in [2.75, 3.05) is 0 Å². The molecule has 1 aromatic carbocycles. The topological polar surface area (TPSA) is 64.9 Å². The van der Waals surface area contributed by atoms with Gasteiger partial charge in [0.25, 0.3) is 0 Å². The summed E-state index contributed by atoms with van der Waals surface area (Å²) in [6, 6.07) is 8.01. The molecule has 1 heterocycles. The molecule has 2 rings (SSSR count). The zero-order chi connectivity index (χ0) is 12.5. The summed E-state index contributed by atoms with van der Waals surface area (Å²) < 4.78 is 5.19. The Morgan fingerprint density at radius 3 is 2.76 bits per heavy atom. The molecule has 0 radical (unpaired) electrons. The van der Waals surface area contributed by atoms with Gasteiger partial charge in [-0.2, -0.15) is 4.98 Å². The summed E-state index contributed by atoms with van der Waals surface area (Å²) in [5.41, 5.74) is 7.72. The molecular weight excluding hydrogens is 214 g/mol. The Morgan fingerprint density at radius 2 is 2.12 bits per heavy atom. The van der Waals surface area contributed by atoms with Crippen LogP contribution in [-0.4, -0.2) is 15.7 Å². The maximum absolute atomic E-state index is 5.91. The Hall–Kier alpha value is -1.68. The van der Waals surface area contributed by atoms with Gasteiger partial charge in [0.15, 0.2) is 0 Å². The molecule has 0 aliphatic carbocycles. The molecule has 90 valence electrons. The van der Waals surface area contributed by atoms with Gasteiger partial charge in [-0.15, -0.1) is 0 Å². The fraction of sp³-hybridized carbons (Fsp3) is 0.385. The van der Waals surface area contributed by atoms with Crippen LogP contribution in [0.3, 0.4) is 0 Å². The van der Waals surface area contributed by atoms with E-state index >= 15 is 0 Å². The van der Waals surface area contributed by atoms with Crippen LogP contribution in [0.1, 0.15) is 25.3 Å². The monoisotopic (exact) mass is 231 g/mol. The zero-order valence-electron chi connectivity index (χ0n) is 10.4. The largest absolute Gasteiger partial charge is 0.339 e. The zero-order valence-corrected chi connectivity index (χ0v) is 10.4. The molecule has 0 unspecified atom stereocenters. The first-order chi connectivity index (χ1) is 7.94. The first-order valence-corrected chi connectivity index (χ1v) is 5.62. The van der Waals surface area contributed by atoms with E-state index in [0.29, 0.717) is 18.1 Å². The van der Waals surface area contributed by atoms with E-state index < -0.39 is 0 Å². The molecule has 0 fully saturated rings. The lowest BCUT2D eigenvalue weighted by molar-refractivity contribution is 0.348. The van der Waals surface area contributed by atoms with Gasteiger partial charge in [0, 0.05) is 17.5 Å². The van der Waals surface area contributed by atoms with Crippen LogP contribution in [0.15, 0.2) is 28.8 Å². The van der Waals surface area contributed by atoms with Crippen molar-refractivity contribution in [2.24, 2.45) is 5.73 Å². The van der Waals surface area contributed by atoms with Crippen molar-refractivity contribution in [3.8, 4) is 11.4 Å². The summed E-state index contributed by atoms with van der Waals surface area (Å²) in [4.78, 5) is 4.35. The second kappa shape index (κ2) is 4.30. The van der Waals surface area contributed by atoms with Crippen LogP contribution in [-0.2, 0) is 6.42 Å². The van der Waals surface area contributed by atoms with Crippen molar-refractivity contribution in [3.05, 3.63) is 35.7 Å². The molecule has 2 N–H and O–H groups in total. The molecule has 0 amide bonds. The van der Waals surface area contributed by atoms with E-state index in [-0.39, 0.29) is 5.54 Å². The van der Waals surface area contributed by atoms with E-state index in [2.05, 4.69) is 10.1 Å². The molecule has 0 spiro atoms. The average molecular weight is 231 g/mol. The van der Waals surface area contributed by atoms with E-state index in [9.17, 15) is 0 Å². The number of nitrogens with zero attached hydrogens (tertiary/aromatic N) is 2. The minimum Gasteiger partial charge on any atom is -0.339 e. The minimum atomic E-state index is -0.337. The van der Waals surface area contributed by atoms with Gasteiger partial charge in [-0.25, -0.2) is 0 Å². The lowest BCUT2D eigenvalue weighted by Crippen LogP contribution is -2.34. The molecule has 17 heavy (non-hydrogen) atoms. The molecule has 0 atom stereocenters. The number of nitrogens with two attached hydrogens (primary N) is 1. The molecule has 0 saturated carbocycles. The molecule has 1 aromatic heterocycles.